The molecule has 3 nitrogen and oxygen atoms in total. The van der Waals surface area contributed by atoms with Crippen LogP contribution >= 0.6 is 11.3 Å². The van der Waals surface area contributed by atoms with Crippen molar-refractivity contribution in [3.8, 4) is 0 Å². The smallest absolute Gasteiger partial charge is 0.242 e. The van der Waals surface area contributed by atoms with Gasteiger partial charge in [-0.2, -0.15) is 0 Å². The maximum Gasteiger partial charge on any atom is 0.242 e. The number of carbonyl (C=O) groups excluding carboxylic acids is 1. The molecule has 2 rings (SSSR count). The van der Waals surface area contributed by atoms with E-state index in [1.165, 1.54) is 11.3 Å². The number of benzene rings is 1. The number of hydrogen-bond donors (Lipinski definition) is 2. The van der Waals surface area contributed by atoms with Gasteiger partial charge < -0.3 is 11.1 Å². The molecule has 0 aliphatic carbocycles. The summed E-state index contributed by atoms with van der Waals surface area (Å²) in [6, 6.07) is 13.2. The normalized spacial score (nSPS) is 14.0. The molecule has 2 aromatic rings. The summed E-state index contributed by atoms with van der Waals surface area (Å²) >= 11 is 1.50. The third kappa shape index (κ3) is 3.46. The van der Waals surface area contributed by atoms with Crippen LogP contribution in [0.1, 0.15) is 36.4 Å². The molecule has 2 atom stereocenters. The van der Waals surface area contributed by atoms with Gasteiger partial charge in [0.2, 0.25) is 5.91 Å². The molecule has 0 spiro atoms. The highest BCUT2D eigenvalue weighted by Crippen LogP contribution is 2.23. The summed E-state index contributed by atoms with van der Waals surface area (Å²) in [7, 11) is 0. The maximum atomic E-state index is 12.3. The van der Waals surface area contributed by atoms with Crippen molar-refractivity contribution in [2.24, 2.45) is 11.7 Å². The van der Waals surface area contributed by atoms with Crippen molar-refractivity contribution in [3.63, 3.8) is 0 Å². The Hall–Kier alpha value is -1.65. The van der Waals surface area contributed by atoms with Crippen LogP contribution in [0.25, 0.3) is 0 Å². The Morgan fingerprint density at radius 3 is 2.40 bits per heavy atom. The Balaban J connectivity index is 2.11. The summed E-state index contributed by atoms with van der Waals surface area (Å²) in [5.74, 6) is 0.173. The maximum absolute atomic E-state index is 12.3. The Labute approximate surface area is 123 Å². The zero-order chi connectivity index (χ0) is 14.5. The van der Waals surface area contributed by atoms with Gasteiger partial charge in [-0.1, -0.05) is 50.2 Å². The van der Waals surface area contributed by atoms with Crippen molar-refractivity contribution < 1.29 is 4.79 Å². The van der Waals surface area contributed by atoms with E-state index in [1.54, 1.807) is 0 Å². The number of hydrogen-bond acceptors (Lipinski definition) is 3. The second-order valence-electron chi connectivity index (χ2n) is 5.13. The Morgan fingerprint density at radius 1 is 1.15 bits per heavy atom. The van der Waals surface area contributed by atoms with Crippen LogP contribution in [0.15, 0.2) is 47.8 Å². The van der Waals surface area contributed by atoms with Crippen LogP contribution in [0.2, 0.25) is 0 Å². The summed E-state index contributed by atoms with van der Waals surface area (Å²) in [5.41, 5.74) is 7.11. The molecule has 0 aliphatic rings. The molecular formula is C16H20N2OS. The number of carbonyl (C=O) groups is 1. The first-order valence-electron chi connectivity index (χ1n) is 6.74. The fourth-order valence-electron chi connectivity index (χ4n) is 2.14. The Morgan fingerprint density at radius 2 is 1.85 bits per heavy atom. The fraction of sp³-hybridized carbons (Fsp3) is 0.312. The van der Waals surface area contributed by atoms with E-state index in [0.717, 1.165) is 10.4 Å². The third-order valence-corrected chi connectivity index (χ3v) is 4.21. The zero-order valence-electron chi connectivity index (χ0n) is 11.7. The molecule has 0 saturated heterocycles. The number of nitrogens with two attached hydrogens (primary N) is 1. The molecule has 0 aliphatic heterocycles. The van der Waals surface area contributed by atoms with Gasteiger partial charge >= 0.3 is 0 Å². The van der Waals surface area contributed by atoms with Crippen LogP contribution in [0.4, 0.5) is 0 Å². The molecule has 0 bridgehead atoms. The van der Waals surface area contributed by atoms with Crippen molar-refractivity contribution in [1.29, 1.82) is 0 Å². The number of nitrogens with one attached hydrogen (secondary N) is 1. The van der Waals surface area contributed by atoms with Crippen molar-refractivity contribution in [3.05, 3.63) is 58.3 Å². The lowest BCUT2D eigenvalue weighted by Crippen LogP contribution is -2.38. The highest BCUT2D eigenvalue weighted by molar-refractivity contribution is 7.10. The first-order valence-corrected chi connectivity index (χ1v) is 7.62. The first-order chi connectivity index (χ1) is 9.59. The Bertz CT molecular complexity index is 537. The van der Waals surface area contributed by atoms with Crippen LogP contribution in [0, 0.1) is 5.92 Å². The summed E-state index contributed by atoms with van der Waals surface area (Å²) in [6.45, 7) is 4.18. The molecule has 4 heteroatoms. The lowest BCUT2D eigenvalue weighted by atomic mass is 9.95. The topological polar surface area (TPSA) is 55.1 Å². The standard InChI is InChI=1S/C16H20N2OS/c1-11(2)15(12-7-4-3-5-8-12)18-16(19)14(17)13-9-6-10-20-13/h3-11,14-15H,17H2,1-2H3,(H,18,19). The highest BCUT2D eigenvalue weighted by Gasteiger charge is 2.23. The lowest BCUT2D eigenvalue weighted by molar-refractivity contribution is -0.123. The molecule has 0 saturated carbocycles. The van der Waals surface area contributed by atoms with Crippen molar-refractivity contribution in [2.75, 3.05) is 0 Å². The van der Waals surface area contributed by atoms with Crippen molar-refractivity contribution in [1.82, 2.24) is 5.32 Å². The summed E-state index contributed by atoms with van der Waals surface area (Å²) in [4.78, 5) is 13.2. The van der Waals surface area contributed by atoms with Crippen molar-refractivity contribution in [2.45, 2.75) is 25.9 Å². The molecule has 106 valence electrons. The average molecular weight is 288 g/mol. The minimum atomic E-state index is -0.597. The minimum Gasteiger partial charge on any atom is -0.347 e. The molecule has 1 heterocycles. The van der Waals surface area contributed by atoms with E-state index in [4.69, 9.17) is 5.73 Å². The highest BCUT2D eigenvalue weighted by atomic mass is 32.1. The molecular weight excluding hydrogens is 268 g/mol. The average Bonchev–Trinajstić information content (AvgIpc) is 2.98. The quantitative estimate of drug-likeness (QED) is 0.887. The SMILES string of the molecule is CC(C)C(NC(=O)C(N)c1cccs1)c1ccccc1. The molecule has 20 heavy (non-hydrogen) atoms. The molecule has 1 aromatic carbocycles. The second-order valence-corrected chi connectivity index (χ2v) is 6.11. The summed E-state index contributed by atoms with van der Waals surface area (Å²) < 4.78 is 0. The first kappa shape index (κ1) is 14.8. The molecule has 3 N–H and O–H groups in total. The van der Waals surface area contributed by atoms with E-state index in [-0.39, 0.29) is 11.9 Å². The minimum absolute atomic E-state index is 0.0188. The van der Waals surface area contributed by atoms with Gasteiger partial charge in [0.25, 0.3) is 0 Å². The van der Waals surface area contributed by atoms with Gasteiger partial charge in [-0.15, -0.1) is 11.3 Å². The molecule has 2 unspecified atom stereocenters. The monoisotopic (exact) mass is 288 g/mol. The van der Waals surface area contributed by atoms with Crippen LogP contribution in [-0.4, -0.2) is 5.91 Å². The lowest BCUT2D eigenvalue weighted by Gasteiger charge is -2.24. The van der Waals surface area contributed by atoms with Gasteiger partial charge in [0.15, 0.2) is 0 Å². The van der Waals surface area contributed by atoms with E-state index in [0.29, 0.717) is 5.92 Å². The van der Waals surface area contributed by atoms with E-state index >= 15 is 0 Å². The number of rotatable bonds is 5. The van der Waals surface area contributed by atoms with Gasteiger partial charge in [-0.05, 0) is 22.9 Å². The van der Waals surface area contributed by atoms with E-state index in [2.05, 4.69) is 19.2 Å². The van der Waals surface area contributed by atoms with Gasteiger partial charge in [-0.3, -0.25) is 4.79 Å². The largest absolute Gasteiger partial charge is 0.347 e. The van der Waals surface area contributed by atoms with E-state index in [1.807, 2.05) is 47.8 Å². The molecule has 1 aromatic heterocycles. The summed E-state index contributed by atoms with van der Waals surface area (Å²) in [5, 5.41) is 4.99. The van der Waals surface area contributed by atoms with Gasteiger partial charge in [-0.25, -0.2) is 0 Å². The molecule has 0 fully saturated rings. The van der Waals surface area contributed by atoms with E-state index < -0.39 is 6.04 Å². The number of amides is 1. The molecule has 0 radical (unpaired) electrons. The van der Waals surface area contributed by atoms with Crippen molar-refractivity contribution >= 4 is 17.2 Å². The molecule has 1 amide bonds. The van der Waals surface area contributed by atoms with Crippen LogP contribution in [0.5, 0.6) is 0 Å². The van der Waals surface area contributed by atoms with Crippen LogP contribution in [-0.2, 0) is 4.79 Å². The van der Waals surface area contributed by atoms with Crippen LogP contribution in [0.3, 0.4) is 0 Å². The second kappa shape index (κ2) is 6.68. The third-order valence-electron chi connectivity index (χ3n) is 3.26. The van der Waals surface area contributed by atoms with Crippen LogP contribution < -0.4 is 11.1 Å². The van der Waals surface area contributed by atoms with Gasteiger partial charge in [0, 0.05) is 4.88 Å². The Kier molecular flexibility index (Phi) is 4.93. The van der Waals surface area contributed by atoms with Gasteiger partial charge in [0.1, 0.15) is 6.04 Å². The fourth-order valence-corrected chi connectivity index (χ4v) is 2.86. The predicted octanol–water partition coefficient (Wildman–Crippen LogP) is 3.26. The van der Waals surface area contributed by atoms with E-state index in [9.17, 15) is 4.79 Å². The summed E-state index contributed by atoms with van der Waals surface area (Å²) in [6.07, 6.45) is 0. The zero-order valence-corrected chi connectivity index (χ0v) is 12.6. The van der Waals surface area contributed by atoms with Gasteiger partial charge in [0.05, 0.1) is 6.04 Å². The number of thiophene rings is 1. The predicted molar refractivity (Wildman–Crippen MR) is 83.4 cm³/mol.